The summed E-state index contributed by atoms with van der Waals surface area (Å²) in [7, 11) is 1.48. The molecule has 2 amide bonds. The van der Waals surface area contributed by atoms with Crippen LogP contribution in [0, 0.1) is 17.2 Å². The number of nitrogens with one attached hydrogen (secondary N) is 2. The molecule has 8 heteroatoms. The number of allylic oxidation sites excluding steroid dienone is 1. The highest BCUT2D eigenvalue weighted by atomic mass is 16.5. The number of benzene rings is 1. The highest BCUT2D eigenvalue weighted by molar-refractivity contribution is 5.85. The maximum Gasteiger partial charge on any atom is 0.319 e. The summed E-state index contributed by atoms with van der Waals surface area (Å²) in [5.41, 5.74) is 1.17. The lowest BCUT2D eigenvalue weighted by Crippen LogP contribution is -2.51. The van der Waals surface area contributed by atoms with Gasteiger partial charge < -0.3 is 24.8 Å². The van der Waals surface area contributed by atoms with E-state index < -0.39 is 24.0 Å². The molecule has 1 fully saturated rings. The van der Waals surface area contributed by atoms with E-state index in [2.05, 4.69) is 10.6 Å². The number of carbonyl (C=O) groups excluding carboxylic acids is 2. The molecule has 2 N–H and O–H groups in total. The molecule has 0 unspecified atom stereocenters. The standard InChI is InChI=1S/C19H23N3O5/c1-4-6-13-16(18(23)26-5-2)17(22-19(24)21-13)12-7-8-14(27-10-9-20)15(11-12)25-3/h6-8,11,16-17H,4-5,10H2,1-3H3,(H2,21,22,24)/b13-6+/t16-,17+/m0/s1. The second kappa shape index (κ2) is 9.48. The number of amides is 2. The van der Waals surface area contributed by atoms with Crippen LogP contribution in [0.1, 0.15) is 31.9 Å². The largest absolute Gasteiger partial charge is 0.493 e. The van der Waals surface area contributed by atoms with Crippen LogP contribution in [0.15, 0.2) is 30.0 Å². The first-order valence-electron chi connectivity index (χ1n) is 8.67. The summed E-state index contributed by atoms with van der Waals surface area (Å²) in [6.45, 7) is 3.77. The number of nitrogens with zero attached hydrogens (tertiary/aromatic N) is 1. The summed E-state index contributed by atoms with van der Waals surface area (Å²) in [5.74, 6) is -0.337. The Morgan fingerprint density at radius 1 is 1.33 bits per heavy atom. The molecule has 2 rings (SSSR count). The van der Waals surface area contributed by atoms with E-state index in [0.29, 0.717) is 29.2 Å². The quantitative estimate of drug-likeness (QED) is 0.711. The summed E-state index contributed by atoms with van der Waals surface area (Å²) < 4.78 is 15.9. The van der Waals surface area contributed by atoms with Crippen molar-refractivity contribution in [1.29, 1.82) is 5.26 Å². The topological polar surface area (TPSA) is 110 Å². The molecule has 144 valence electrons. The zero-order valence-corrected chi connectivity index (χ0v) is 15.6. The normalized spacial score (nSPS) is 20.2. The first kappa shape index (κ1) is 20.1. The van der Waals surface area contributed by atoms with Gasteiger partial charge in [-0.15, -0.1) is 0 Å². The molecule has 0 saturated carbocycles. The van der Waals surface area contributed by atoms with Crippen LogP contribution in [0.2, 0.25) is 0 Å². The second-order valence-corrected chi connectivity index (χ2v) is 5.73. The zero-order chi connectivity index (χ0) is 19.8. The van der Waals surface area contributed by atoms with Crippen molar-refractivity contribution in [2.45, 2.75) is 26.3 Å². The molecule has 0 aromatic heterocycles. The van der Waals surface area contributed by atoms with Crippen molar-refractivity contribution in [2.24, 2.45) is 5.92 Å². The van der Waals surface area contributed by atoms with Crippen molar-refractivity contribution in [3.8, 4) is 17.6 Å². The maximum atomic E-state index is 12.6. The lowest BCUT2D eigenvalue weighted by Gasteiger charge is -2.34. The first-order chi connectivity index (χ1) is 13.0. The Morgan fingerprint density at radius 3 is 2.74 bits per heavy atom. The molecule has 1 aliphatic heterocycles. The first-order valence-corrected chi connectivity index (χ1v) is 8.67. The Balaban J connectivity index is 2.45. The predicted octanol–water partition coefficient (Wildman–Crippen LogP) is 2.42. The molecule has 0 bridgehead atoms. The zero-order valence-electron chi connectivity index (χ0n) is 15.6. The molecule has 1 aromatic rings. The van der Waals surface area contributed by atoms with Crippen molar-refractivity contribution in [3.63, 3.8) is 0 Å². The smallest absolute Gasteiger partial charge is 0.319 e. The van der Waals surface area contributed by atoms with Gasteiger partial charge in [0.05, 0.1) is 19.8 Å². The van der Waals surface area contributed by atoms with Gasteiger partial charge in [0.1, 0.15) is 12.0 Å². The van der Waals surface area contributed by atoms with Crippen molar-refractivity contribution in [3.05, 3.63) is 35.5 Å². The van der Waals surface area contributed by atoms with Crippen LogP contribution in [0.5, 0.6) is 11.5 Å². The number of carbonyl (C=O) groups is 2. The Morgan fingerprint density at radius 2 is 2.11 bits per heavy atom. The lowest BCUT2D eigenvalue weighted by atomic mass is 9.88. The monoisotopic (exact) mass is 373 g/mol. The summed E-state index contributed by atoms with van der Waals surface area (Å²) in [4.78, 5) is 24.7. The summed E-state index contributed by atoms with van der Waals surface area (Å²) in [6.07, 6.45) is 2.46. The molecular formula is C19H23N3O5. The third kappa shape index (κ3) is 4.70. The molecule has 27 heavy (non-hydrogen) atoms. The van der Waals surface area contributed by atoms with Gasteiger partial charge in [-0.2, -0.15) is 5.26 Å². The van der Waals surface area contributed by atoms with Gasteiger partial charge in [-0.05, 0) is 31.0 Å². The van der Waals surface area contributed by atoms with E-state index in [4.69, 9.17) is 19.5 Å². The fourth-order valence-corrected chi connectivity index (χ4v) is 2.92. The van der Waals surface area contributed by atoms with Gasteiger partial charge in [-0.3, -0.25) is 4.79 Å². The van der Waals surface area contributed by atoms with Gasteiger partial charge in [0.25, 0.3) is 0 Å². The van der Waals surface area contributed by atoms with E-state index in [1.807, 2.05) is 13.0 Å². The van der Waals surface area contributed by atoms with Gasteiger partial charge in [0.2, 0.25) is 0 Å². The SMILES string of the molecule is CC/C=C1/NC(=O)N[C@H](c2ccc(OCC#N)c(OC)c2)[C@H]1C(=O)OCC. The Kier molecular flexibility index (Phi) is 7.06. The van der Waals surface area contributed by atoms with E-state index >= 15 is 0 Å². The lowest BCUT2D eigenvalue weighted by molar-refractivity contribution is -0.147. The minimum Gasteiger partial charge on any atom is -0.493 e. The van der Waals surface area contributed by atoms with Gasteiger partial charge in [0.15, 0.2) is 18.1 Å². The van der Waals surface area contributed by atoms with Crippen LogP contribution in [-0.2, 0) is 9.53 Å². The molecule has 1 aromatic carbocycles. The van der Waals surface area contributed by atoms with Crippen molar-refractivity contribution in [1.82, 2.24) is 10.6 Å². The van der Waals surface area contributed by atoms with E-state index in [1.54, 1.807) is 31.2 Å². The van der Waals surface area contributed by atoms with Gasteiger partial charge in [0, 0.05) is 5.70 Å². The summed E-state index contributed by atoms with van der Waals surface area (Å²) >= 11 is 0. The molecule has 8 nitrogen and oxygen atoms in total. The van der Waals surface area contributed by atoms with Crippen LogP contribution in [0.4, 0.5) is 4.79 Å². The molecule has 0 radical (unpaired) electrons. The minimum atomic E-state index is -0.710. The van der Waals surface area contributed by atoms with Crippen LogP contribution >= 0.6 is 0 Å². The van der Waals surface area contributed by atoms with Crippen LogP contribution < -0.4 is 20.1 Å². The highest BCUT2D eigenvalue weighted by Crippen LogP contribution is 2.36. The number of methoxy groups -OCH3 is 1. The Labute approximate surface area is 158 Å². The number of rotatable bonds is 7. The second-order valence-electron chi connectivity index (χ2n) is 5.73. The van der Waals surface area contributed by atoms with Crippen LogP contribution in [0.25, 0.3) is 0 Å². The predicted molar refractivity (Wildman–Crippen MR) is 97.0 cm³/mol. The van der Waals surface area contributed by atoms with Crippen molar-refractivity contribution >= 4 is 12.0 Å². The Bertz CT molecular complexity index is 769. The molecule has 1 saturated heterocycles. The fraction of sp³-hybridized carbons (Fsp3) is 0.421. The Hall–Kier alpha value is -3.21. The van der Waals surface area contributed by atoms with E-state index in [1.165, 1.54) is 7.11 Å². The number of hydrogen-bond donors (Lipinski definition) is 2. The molecular weight excluding hydrogens is 350 g/mol. The van der Waals surface area contributed by atoms with E-state index in [-0.39, 0.29) is 13.2 Å². The summed E-state index contributed by atoms with van der Waals surface area (Å²) in [5, 5.41) is 14.2. The number of urea groups is 1. The van der Waals surface area contributed by atoms with E-state index in [9.17, 15) is 9.59 Å². The van der Waals surface area contributed by atoms with Crippen molar-refractivity contribution < 1.29 is 23.8 Å². The maximum absolute atomic E-state index is 12.6. The van der Waals surface area contributed by atoms with Gasteiger partial charge in [-0.25, -0.2) is 4.79 Å². The number of nitriles is 1. The molecule has 1 aliphatic rings. The minimum absolute atomic E-state index is 0.116. The molecule has 1 heterocycles. The average molecular weight is 373 g/mol. The number of esters is 1. The van der Waals surface area contributed by atoms with Crippen LogP contribution in [0.3, 0.4) is 0 Å². The van der Waals surface area contributed by atoms with Crippen molar-refractivity contribution in [2.75, 3.05) is 20.3 Å². The van der Waals surface area contributed by atoms with Gasteiger partial charge in [-0.1, -0.05) is 19.1 Å². The molecule has 2 atom stereocenters. The summed E-state index contributed by atoms with van der Waals surface area (Å²) in [6, 6.07) is 5.91. The van der Waals surface area contributed by atoms with Gasteiger partial charge >= 0.3 is 12.0 Å². The highest BCUT2D eigenvalue weighted by Gasteiger charge is 2.39. The fourth-order valence-electron chi connectivity index (χ4n) is 2.92. The third-order valence-electron chi connectivity index (χ3n) is 4.02. The molecule has 0 aliphatic carbocycles. The third-order valence-corrected chi connectivity index (χ3v) is 4.02. The average Bonchev–Trinajstić information content (AvgIpc) is 2.66. The number of ether oxygens (including phenoxy) is 3. The van der Waals surface area contributed by atoms with E-state index in [0.717, 1.165) is 0 Å². The van der Waals surface area contributed by atoms with Crippen LogP contribution in [-0.4, -0.2) is 32.3 Å². The molecule has 0 spiro atoms. The number of hydrogen-bond acceptors (Lipinski definition) is 6.